The van der Waals surface area contributed by atoms with Crippen LogP contribution in [0.5, 0.6) is 0 Å². The van der Waals surface area contributed by atoms with Crippen molar-refractivity contribution < 1.29 is 14.3 Å². The number of rotatable bonds is 8. The van der Waals surface area contributed by atoms with Gasteiger partial charge in [-0.05, 0) is 62.9 Å². The molecule has 0 amide bonds. The second kappa shape index (κ2) is 9.02. The fraction of sp³-hybridized carbons (Fsp3) is 0.632. The van der Waals surface area contributed by atoms with Crippen molar-refractivity contribution in [1.29, 1.82) is 0 Å². The molecule has 1 aromatic rings. The van der Waals surface area contributed by atoms with Crippen LogP contribution in [-0.4, -0.2) is 48.7 Å². The van der Waals surface area contributed by atoms with Gasteiger partial charge in [-0.3, -0.25) is 0 Å². The molecule has 0 unspecified atom stereocenters. The fourth-order valence-corrected chi connectivity index (χ4v) is 3.54. The van der Waals surface area contributed by atoms with E-state index in [1.165, 1.54) is 18.9 Å². The molecule has 0 spiro atoms. The van der Waals surface area contributed by atoms with E-state index in [1.807, 2.05) is 4.90 Å². The second-order valence-electron chi connectivity index (χ2n) is 6.70. The average molecular weight is 336 g/mol. The number of halogens is 1. The van der Waals surface area contributed by atoms with Crippen LogP contribution in [0.4, 0.5) is 10.1 Å². The molecule has 5 heteroatoms. The van der Waals surface area contributed by atoms with Gasteiger partial charge < -0.3 is 14.9 Å². The lowest BCUT2D eigenvalue weighted by Gasteiger charge is -2.36. The van der Waals surface area contributed by atoms with Gasteiger partial charge in [0.2, 0.25) is 0 Å². The van der Waals surface area contributed by atoms with Gasteiger partial charge in [0.25, 0.3) is 0 Å². The van der Waals surface area contributed by atoms with Gasteiger partial charge in [-0.15, -0.1) is 0 Å². The minimum atomic E-state index is -1.09. The highest BCUT2D eigenvalue weighted by Crippen LogP contribution is 2.27. The van der Waals surface area contributed by atoms with Crippen LogP contribution in [-0.2, 0) is 0 Å². The normalized spacial score (nSPS) is 15.9. The first-order chi connectivity index (χ1) is 11.5. The Bertz CT molecular complexity index is 536. The smallest absolute Gasteiger partial charge is 0.335 e. The number of benzene rings is 1. The highest BCUT2D eigenvalue weighted by Gasteiger charge is 2.23. The first-order valence-electron chi connectivity index (χ1n) is 9.05. The van der Waals surface area contributed by atoms with Crippen LogP contribution in [0.1, 0.15) is 49.9 Å². The Morgan fingerprint density at radius 3 is 2.38 bits per heavy atom. The summed E-state index contributed by atoms with van der Waals surface area (Å²) in [4.78, 5) is 15.5. The molecule has 1 saturated heterocycles. The number of hydrogen-bond acceptors (Lipinski definition) is 3. The van der Waals surface area contributed by atoms with Crippen molar-refractivity contribution in [3.8, 4) is 0 Å². The molecule has 0 bridgehead atoms. The average Bonchev–Trinajstić information content (AvgIpc) is 2.56. The summed E-state index contributed by atoms with van der Waals surface area (Å²) in [6.45, 7) is 9.54. The first-order valence-corrected chi connectivity index (χ1v) is 9.05. The molecule has 1 aromatic carbocycles. The number of piperidine rings is 1. The first kappa shape index (κ1) is 18.7. The van der Waals surface area contributed by atoms with Gasteiger partial charge in [-0.2, -0.15) is 0 Å². The Balaban J connectivity index is 1.91. The lowest BCUT2D eigenvalue weighted by Crippen LogP contribution is -2.39. The molecule has 1 heterocycles. The largest absolute Gasteiger partial charge is 0.478 e. The van der Waals surface area contributed by atoms with E-state index in [0.717, 1.165) is 51.6 Å². The topological polar surface area (TPSA) is 43.8 Å². The molecule has 0 aromatic heterocycles. The van der Waals surface area contributed by atoms with Gasteiger partial charge in [0.1, 0.15) is 5.82 Å². The van der Waals surface area contributed by atoms with Crippen molar-refractivity contribution in [1.82, 2.24) is 4.90 Å². The Morgan fingerprint density at radius 2 is 1.88 bits per heavy atom. The second-order valence-corrected chi connectivity index (χ2v) is 6.70. The zero-order chi connectivity index (χ0) is 17.5. The Morgan fingerprint density at radius 1 is 1.25 bits per heavy atom. The minimum absolute atomic E-state index is 0.000842. The van der Waals surface area contributed by atoms with Gasteiger partial charge in [-0.1, -0.05) is 13.8 Å². The molecule has 1 aliphatic heterocycles. The number of aromatic carboxylic acids is 1. The van der Waals surface area contributed by atoms with Crippen molar-refractivity contribution in [2.75, 3.05) is 37.6 Å². The Labute approximate surface area is 144 Å². The summed E-state index contributed by atoms with van der Waals surface area (Å²) in [5, 5.41) is 8.93. The standard InChI is InChI=1S/C19H29FN2O2/c1-3-9-21(10-4-2)14-15-7-11-22(12-8-15)18-6-5-16(19(23)24)13-17(18)20/h5-6,13,15H,3-4,7-12,14H2,1-2H3,(H,23,24). The third-order valence-corrected chi connectivity index (χ3v) is 4.75. The van der Waals surface area contributed by atoms with Gasteiger partial charge in [0.05, 0.1) is 11.3 Å². The number of hydrogen-bond donors (Lipinski definition) is 1. The van der Waals surface area contributed by atoms with E-state index in [1.54, 1.807) is 6.07 Å². The predicted molar refractivity (Wildman–Crippen MR) is 95.3 cm³/mol. The van der Waals surface area contributed by atoms with E-state index in [-0.39, 0.29) is 5.56 Å². The molecule has 4 nitrogen and oxygen atoms in total. The maximum absolute atomic E-state index is 14.2. The van der Waals surface area contributed by atoms with Gasteiger partial charge in [-0.25, -0.2) is 9.18 Å². The summed E-state index contributed by atoms with van der Waals surface area (Å²) in [6.07, 6.45) is 4.48. The van der Waals surface area contributed by atoms with E-state index < -0.39 is 11.8 Å². The number of anilines is 1. The van der Waals surface area contributed by atoms with Crippen molar-refractivity contribution in [2.24, 2.45) is 5.92 Å². The summed E-state index contributed by atoms with van der Waals surface area (Å²) in [5.41, 5.74) is 0.526. The number of nitrogens with zero attached hydrogens (tertiary/aromatic N) is 2. The molecule has 1 fully saturated rings. The van der Waals surface area contributed by atoms with Crippen LogP contribution in [0.2, 0.25) is 0 Å². The van der Waals surface area contributed by atoms with Crippen LogP contribution in [0.25, 0.3) is 0 Å². The van der Waals surface area contributed by atoms with Gasteiger partial charge >= 0.3 is 5.97 Å². The molecule has 0 radical (unpaired) electrons. The molecule has 0 saturated carbocycles. The zero-order valence-electron chi connectivity index (χ0n) is 14.8. The van der Waals surface area contributed by atoms with Crippen molar-refractivity contribution in [2.45, 2.75) is 39.5 Å². The molecular formula is C19H29FN2O2. The summed E-state index contributed by atoms with van der Waals surface area (Å²) in [6, 6.07) is 4.20. The molecule has 0 aliphatic carbocycles. The minimum Gasteiger partial charge on any atom is -0.478 e. The van der Waals surface area contributed by atoms with Crippen LogP contribution >= 0.6 is 0 Å². The molecule has 1 N–H and O–H groups in total. The monoisotopic (exact) mass is 336 g/mol. The molecule has 134 valence electrons. The number of carboxylic acids is 1. The Kier molecular flexibility index (Phi) is 7.03. The van der Waals surface area contributed by atoms with Crippen LogP contribution in [0.15, 0.2) is 18.2 Å². The predicted octanol–water partition coefficient (Wildman–Crippen LogP) is 3.86. The molecular weight excluding hydrogens is 307 g/mol. The van der Waals surface area contributed by atoms with Gasteiger partial charge in [0, 0.05) is 19.6 Å². The van der Waals surface area contributed by atoms with Crippen LogP contribution in [0, 0.1) is 11.7 Å². The van der Waals surface area contributed by atoms with Crippen molar-refractivity contribution >= 4 is 11.7 Å². The van der Waals surface area contributed by atoms with E-state index in [9.17, 15) is 9.18 Å². The molecule has 2 rings (SSSR count). The summed E-state index contributed by atoms with van der Waals surface area (Å²) in [5.74, 6) is -0.862. The third-order valence-electron chi connectivity index (χ3n) is 4.75. The quantitative estimate of drug-likeness (QED) is 0.783. The van der Waals surface area contributed by atoms with Crippen molar-refractivity contribution in [3.05, 3.63) is 29.6 Å². The SMILES string of the molecule is CCCN(CCC)CC1CCN(c2ccc(C(=O)O)cc2F)CC1. The zero-order valence-corrected chi connectivity index (χ0v) is 14.8. The molecule has 1 aliphatic rings. The van der Waals surface area contributed by atoms with E-state index in [4.69, 9.17) is 5.11 Å². The lowest BCUT2D eigenvalue weighted by atomic mass is 9.95. The van der Waals surface area contributed by atoms with E-state index in [0.29, 0.717) is 11.6 Å². The summed E-state index contributed by atoms with van der Waals surface area (Å²) < 4.78 is 14.2. The van der Waals surface area contributed by atoms with Gasteiger partial charge in [0.15, 0.2) is 0 Å². The highest BCUT2D eigenvalue weighted by molar-refractivity contribution is 5.88. The third kappa shape index (κ3) is 4.94. The molecule has 0 atom stereocenters. The van der Waals surface area contributed by atoms with E-state index in [2.05, 4.69) is 18.7 Å². The maximum atomic E-state index is 14.2. The number of carbonyl (C=O) groups is 1. The Hall–Kier alpha value is -1.62. The summed E-state index contributed by atoms with van der Waals surface area (Å²) >= 11 is 0. The lowest BCUT2D eigenvalue weighted by molar-refractivity contribution is 0.0696. The fourth-order valence-electron chi connectivity index (χ4n) is 3.54. The highest BCUT2D eigenvalue weighted by atomic mass is 19.1. The van der Waals surface area contributed by atoms with E-state index >= 15 is 0 Å². The number of carboxylic acid groups (broad SMARTS) is 1. The maximum Gasteiger partial charge on any atom is 0.335 e. The van der Waals surface area contributed by atoms with Crippen LogP contribution in [0.3, 0.4) is 0 Å². The molecule has 24 heavy (non-hydrogen) atoms. The van der Waals surface area contributed by atoms with Crippen molar-refractivity contribution in [3.63, 3.8) is 0 Å². The summed E-state index contributed by atoms with van der Waals surface area (Å²) in [7, 11) is 0. The van der Waals surface area contributed by atoms with Crippen LogP contribution < -0.4 is 4.90 Å².